The molecule has 1 atom stereocenters. The van der Waals surface area contributed by atoms with Gasteiger partial charge in [0.25, 0.3) is 0 Å². The zero-order valence-electron chi connectivity index (χ0n) is 15.2. The molecule has 1 aliphatic rings. The topological polar surface area (TPSA) is 83.7 Å². The predicted molar refractivity (Wildman–Crippen MR) is 98.2 cm³/mol. The van der Waals surface area contributed by atoms with Crippen molar-refractivity contribution < 1.29 is 19.1 Å². The van der Waals surface area contributed by atoms with Crippen LogP contribution in [-0.2, 0) is 20.7 Å². The van der Waals surface area contributed by atoms with E-state index in [0.717, 1.165) is 28.6 Å². The first kappa shape index (κ1) is 18.3. The Morgan fingerprint density at radius 1 is 1.38 bits per heavy atom. The summed E-state index contributed by atoms with van der Waals surface area (Å²) in [5.74, 6) is 0.432. The predicted octanol–water partition coefficient (Wildman–Crippen LogP) is 1.47. The number of amides is 1. The van der Waals surface area contributed by atoms with Gasteiger partial charge in [-0.15, -0.1) is 0 Å². The smallest absolute Gasteiger partial charge is 0.307 e. The molecule has 7 heteroatoms. The Balaban J connectivity index is 1.62. The fourth-order valence-corrected chi connectivity index (χ4v) is 3.31. The standard InChI is InChI=1S/C19H25N3O4/c1-3-26-18(23)11-17-19(24)22(9-7-20-17)8-6-13-12-21-16-10-14(25-2)4-5-15(13)16/h4-5,10,12,17,20-21H,3,6-9,11H2,1-2H3. The number of hydrogen-bond donors (Lipinski definition) is 2. The molecule has 2 N–H and O–H groups in total. The number of H-pyrrole nitrogens is 1. The van der Waals surface area contributed by atoms with Crippen LogP contribution in [0.3, 0.4) is 0 Å². The summed E-state index contributed by atoms with van der Waals surface area (Å²) in [6.45, 7) is 4.04. The summed E-state index contributed by atoms with van der Waals surface area (Å²) in [7, 11) is 1.65. The van der Waals surface area contributed by atoms with Gasteiger partial charge in [0.1, 0.15) is 5.75 Å². The molecule has 0 aliphatic carbocycles. The van der Waals surface area contributed by atoms with Crippen molar-refractivity contribution in [3.8, 4) is 5.75 Å². The van der Waals surface area contributed by atoms with Gasteiger partial charge in [0.2, 0.25) is 5.91 Å². The Morgan fingerprint density at radius 3 is 3.00 bits per heavy atom. The van der Waals surface area contributed by atoms with Crippen LogP contribution in [0.1, 0.15) is 18.9 Å². The van der Waals surface area contributed by atoms with E-state index in [-0.39, 0.29) is 18.3 Å². The van der Waals surface area contributed by atoms with E-state index in [1.54, 1.807) is 14.0 Å². The summed E-state index contributed by atoms with van der Waals surface area (Å²) in [4.78, 5) is 29.3. The third-order valence-corrected chi connectivity index (χ3v) is 4.68. The number of benzene rings is 1. The van der Waals surface area contributed by atoms with Crippen LogP contribution in [0.5, 0.6) is 5.75 Å². The maximum Gasteiger partial charge on any atom is 0.307 e. The number of aromatic nitrogens is 1. The second-order valence-electron chi connectivity index (χ2n) is 6.32. The fourth-order valence-electron chi connectivity index (χ4n) is 3.31. The van der Waals surface area contributed by atoms with Gasteiger partial charge in [-0.05, 0) is 31.0 Å². The van der Waals surface area contributed by atoms with Crippen molar-refractivity contribution in [2.75, 3.05) is 33.4 Å². The summed E-state index contributed by atoms with van der Waals surface area (Å²) in [6, 6.07) is 5.44. The second-order valence-corrected chi connectivity index (χ2v) is 6.32. The van der Waals surface area contributed by atoms with Crippen molar-refractivity contribution in [2.45, 2.75) is 25.8 Å². The van der Waals surface area contributed by atoms with Gasteiger partial charge in [-0.2, -0.15) is 0 Å². The molecule has 7 nitrogen and oxygen atoms in total. The summed E-state index contributed by atoms with van der Waals surface area (Å²) >= 11 is 0. The van der Waals surface area contributed by atoms with Crippen LogP contribution >= 0.6 is 0 Å². The van der Waals surface area contributed by atoms with Gasteiger partial charge < -0.3 is 24.7 Å². The van der Waals surface area contributed by atoms with Crippen LogP contribution < -0.4 is 10.1 Å². The lowest BCUT2D eigenvalue weighted by molar-refractivity contribution is -0.148. The minimum absolute atomic E-state index is 0.0363. The highest BCUT2D eigenvalue weighted by molar-refractivity contribution is 5.87. The quantitative estimate of drug-likeness (QED) is 0.732. The van der Waals surface area contributed by atoms with Crippen LogP contribution in [0, 0.1) is 0 Å². The average Bonchev–Trinajstić information content (AvgIpc) is 3.04. The van der Waals surface area contributed by atoms with Crippen molar-refractivity contribution in [1.82, 2.24) is 15.2 Å². The molecule has 0 saturated carbocycles. The van der Waals surface area contributed by atoms with E-state index < -0.39 is 6.04 Å². The first-order chi connectivity index (χ1) is 12.6. The molecule has 1 saturated heterocycles. The lowest BCUT2D eigenvalue weighted by atomic mass is 10.1. The Hall–Kier alpha value is -2.54. The number of carbonyl (C=O) groups is 2. The largest absolute Gasteiger partial charge is 0.497 e. The number of nitrogens with one attached hydrogen (secondary N) is 2. The summed E-state index contributed by atoms with van der Waals surface area (Å²) in [5, 5.41) is 4.25. The van der Waals surface area contributed by atoms with Crippen molar-refractivity contribution in [3.05, 3.63) is 30.0 Å². The Labute approximate surface area is 152 Å². The number of aromatic amines is 1. The molecule has 1 unspecified atom stereocenters. The first-order valence-corrected chi connectivity index (χ1v) is 8.94. The van der Waals surface area contributed by atoms with Crippen LogP contribution in [0.15, 0.2) is 24.4 Å². The lowest BCUT2D eigenvalue weighted by Gasteiger charge is -2.32. The molecule has 140 valence electrons. The highest BCUT2D eigenvalue weighted by atomic mass is 16.5. The van der Waals surface area contributed by atoms with Crippen LogP contribution in [0.25, 0.3) is 10.9 Å². The molecule has 3 rings (SSSR count). The molecule has 2 heterocycles. The molecular weight excluding hydrogens is 334 g/mol. The number of hydrogen-bond acceptors (Lipinski definition) is 5. The van der Waals surface area contributed by atoms with Crippen LogP contribution in [-0.4, -0.2) is 61.2 Å². The monoisotopic (exact) mass is 359 g/mol. The zero-order chi connectivity index (χ0) is 18.5. The second kappa shape index (κ2) is 8.23. The number of piperazine rings is 1. The van der Waals surface area contributed by atoms with Gasteiger partial charge in [-0.1, -0.05) is 0 Å². The number of nitrogens with zero attached hydrogens (tertiary/aromatic N) is 1. The van der Waals surface area contributed by atoms with Gasteiger partial charge in [0.15, 0.2) is 0 Å². The molecule has 1 aliphatic heterocycles. The molecule has 1 amide bonds. The van der Waals surface area contributed by atoms with Crippen LogP contribution in [0.4, 0.5) is 0 Å². The number of fused-ring (bicyclic) bond motifs is 1. The maximum atomic E-state index is 12.6. The molecule has 0 spiro atoms. The molecular formula is C19H25N3O4. The van der Waals surface area contributed by atoms with E-state index in [4.69, 9.17) is 9.47 Å². The number of rotatable bonds is 7. The first-order valence-electron chi connectivity index (χ1n) is 8.94. The number of ether oxygens (including phenoxy) is 2. The fraction of sp³-hybridized carbons (Fsp3) is 0.474. The molecule has 0 radical (unpaired) electrons. The van der Waals surface area contributed by atoms with Gasteiger partial charge in [0.05, 0.1) is 26.2 Å². The third kappa shape index (κ3) is 3.99. The summed E-state index contributed by atoms with van der Waals surface area (Å²) < 4.78 is 10.2. The number of esters is 1. The molecule has 26 heavy (non-hydrogen) atoms. The molecule has 2 aromatic rings. The Morgan fingerprint density at radius 2 is 2.23 bits per heavy atom. The van der Waals surface area contributed by atoms with E-state index in [1.807, 2.05) is 29.3 Å². The average molecular weight is 359 g/mol. The van der Waals surface area contributed by atoms with Gasteiger partial charge in [-0.3, -0.25) is 9.59 Å². The highest BCUT2D eigenvalue weighted by Gasteiger charge is 2.30. The molecule has 0 bridgehead atoms. The van der Waals surface area contributed by atoms with Crippen molar-refractivity contribution in [3.63, 3.8) is 0 Å². The SMILES string of the molecule is CCOC(=O)CC1NCCN(CCc2c[nH]c3cc(OC)ccc23)C1=O. The van der Waals surface area contributed by atoms with Crippen molar-refractivity contribution >= 4 is 22.8 Å². The lowest BCUT2D eigenvalue weighted by Crippen LogP contribution is -2.56. The van der Waals surface area contributed by atoms with Gasteiger partial charge in [0, 0.05) is 42.8 Å². The highest BCUT2D eigenvalue weighted by Crippen LogP contribution is 2.23. The minimum atomic E-state index is -0.491. The van der Waals surface area contributed by atoms with Gasteiger partial charge in [-0.25, -0.2) is 0 Å². The van der Waals surface area contributed by atoms with E-state index in [1.165, 1.54) is 0 Å². The third-order valence-electron chi connectivity index (χ3n) is 4.68. The summed E-state index contributed by atoms with van der Waals surface area (Å²) in [5.41, 5.74) is 2.18. The normalized spacial score (nSPS) is 17.5. The van der Waals surface area contributed by atoms with E-state index in [9.17, 15) is 9.59 Å². The molecule has 1 aromatic heterocycles. The van der Waals surface area contributed by atoms with E-state index in [2.05, 4.69) is 10.3 Å². The molecule has 1 aromatic carbocycles. The van der Waals surface area contributed by atoms with Gasteiger partial charge >= 0.3 is 5.97 Å². The molecule has 1 fully saturated rings. The van der Waals surface area contributed by atoms with E-state index in [0.29, 0.717) is 26.2 Å². The van der Waals surface area contributed by atoms with Crippen LogP contribution in [0.2, 0.25) is 0 Å². The minimum Gasteiger partial charge on any atom is -0.497 e. The van der Waals surface area contributed by atoms with Crippen molar-refractivity contribution in [2.24, 2.45) is 0 Å². The number of methoxy groups -OCH3 is 1. The summed E-state index contributed by atoms with van der Waals surface area (Å²) in [6.07, 6.45) is 2.81. The van der Waals surface area contributed by atoms with E-state index >= 15 is 0 Å². The van der Waals surface area contributed by atoms with Crippen molar-refractivity contribution in [1.29, 1.82) is 0 Å². The maximum absolute atomic E-state index is 12.6. The zero-order valence-corrected chi connectivity index (χ0v) is 15.2. The Kier molecular flexibility index (Phi) is 5.78. The number of carbonyl (C=O) groups excluding carboxylic acids is 2. The Bertz CT molecular complexity index is 786.